The molecular formula is C26H31F2N5O3. The third-order valence-electron chi connectivity index (χ3n) is 6.31. The summed E-state index contributed by atoms with van der Waals surface area (Å²) in [6, 6.07) is 8.43. The second-order valence-electron chi connectivity index (χ2n) is 9.21. The Labute approximate surface area is 208 Å². The first-order chi connectivity index (χ1) is 17.3. The first-order valence-electron chi connectivity index (χ1n) is 12.0. The molecule has 0 unspecified atom stereocenters. The molecule has 0 radical (unpaired) electrons. The molecule has 1 fully saturated rings. The van der Waals surface area contributed by atoms with Gasteiger partial charge in [0.1, 0.15) is 5.65 Å². The number of fused-ring (bicyclic) bond motifs is 1. The molecular weight excluding hydrogens is 468 g/mol. The zero-order chi connectivity index (χ0) is 25.7. The van der Waals surface area contributed by atoms with Gasteiger partial charge in [-0.3, -0.25) is 9.59 Å². The zero-order valence-electron chi connectivity index (χ0n) is 20.4. The molecule has 8 nitrogen and oxygen atoms in total. The van der Waals surface area contributed by atoms with Crippen LogP contribution in [0.25, 0.3) is 22.2 Å². The molecule has 10 heteroatoms. The number of amides is 2. The van der Waals surface area contributed by atoms with Gasteiger partial charge in [0.15, 0.2) is 0 Å². The summed E-state index contributed by atoms with van der Waals surface area (Å²) in [4.78, 5) is 33.3. The summed E-state index contributed by atoms with van der Waals surface area (Å²) in [6.07, 6.45) is 2.30. The lowest BCUT2D eigenvalue weighted by molar-refractivity contribution is -0.131. The van der Waals surface area contributed by atoms with Crippen LogP contribution in [0.4, 0.5) is 8.78 Å². The molecule has 0 bridgehead atoms. The fourth-order valence-corrected chi connectivity index (χ4v) is 4.55. The molecule has 0 saturated carbocycles. The molecule has 1 aliphatic rings. The minimum Gasteiger partial charge on any atom is -0.381 e. The molecule has 3 aromatic rings. The van der Waals surface area contributed by atoms with E-state index in [-0.39, 0.29) is 19.0 Å². The van der Waals surface area contributed by atoms with Gasteiger partial charge in [0, 0.05) is 56.2 Å². The number of H-pyrrole nitrogens is 1. The van der Waals surface area contributed by atoms with Crippen molar-refractivity contribution in [1.29, 1.82) is 0 Å². The predicted molar refractivity (Wildman–Crippen MR) is 133 cm³/mol. The highest BCUT2D eigenvalue weighted by atomic mass is 19.3. The van der Waals surface area contributed by atoms with Crippen LogP contribution in [0, 0.1) is 0 Å². The molecule has 2 amide bonds. The van der Waals surface area contributed by atoms with Crippen LogP contribution < -0.4 is 10.6 Å². The molecule has 1 aromatic carbocycles. The van der Waals surface area contributed by atoms with Crippen LogP contribution in [-0.4, -0.2) is 73.5 Å². The number of pyridine rings is 1. The maximum atomic E-state index is 12.7. The average Bonchev–Trinajstić information content (AvgIpc) is 3.30. The van der Waals surface area contributed by atoms with Crippen molar-refractivity contribution >= 4 is 22.8 Å². The highest BCUT2D eigenvalue weighted by Gasteiger charge is 2.20. The maximum Gasteiger partial charge on any atom is 0.315 e. The Balaban J connectivity index is 1.55. The summed E-state index contributed by atoms with van der Waals surface area (Å²) in [7, 11) is 4.11. The van der Waals surface area contributed by atoms with E-state index in [1.165, 1.54) is 11.1 Å². The lowest BCUT2D eigenvalue weighted by Gasteiger charge is -2.26. The van der Waals surface area contributed by atoms with Gasteiger partial charge in [0.25, 0.3) is 11.8 Å². The van der Waals surface area contributed by atoms with Crippen molar-refractivity contribution in [2.24, 2.45) is 0 Å². The maximum absolute atomic E-state index is 12.7. The Kier molecular flexibility index (Phi) is 8.27. The van der Waals surface area contributed by atoms with Gasteiger partial charge in [-0.15, -0.1) is 0 Å². The molecule has 0 spiro atoms. The second kappa shape index (κ2) is 11.6. The summed E-state index contributed by atoms with van der Waals surface area (Å²) in [5.74, 6) is -1.26. The Morgan fingerprint density at radius 3 is 2.61 bits per heavy atom. The number of halogens is 2. The van der Waals surface area contributed by atoms with Crippen LogP contribution in [0.5, 0.6) is 0 Å². The number of carbonyl (C=O) groups is 2. The SMILES string of the molecule is CN(C)Cc1cc(-c2cnc3[nH]cc(C(=O)NCCNC(=O)C(F)F)c3c2)ccc1C1CCOCC1. The lowest BCUT2D eigenvalue weighted by atomic mass is 9.86. The smallest absolute Gasteiger partial charge is 0.315 e. The van der Waals surface area contributed by atoms with Crippen LogP contribution in [-0.2, 0) is 16.1 Å². The van der Waals surface area contributed by atoms with E-state index in [1.54, 1.807) is 12.4 Å². The number of nitrogens with one attached hydrogen (secondary N) is 3. The van der Waals surface area contributed by atoms with Gasteiger partial charge < -0.3 is 25.3 Å². The van der Waals surface area contributed by atoms with Gasteiger partial charge in [-0.2, -0.15) is 8.78 Å². The summed E-state index contributed by atoms with van der Waals surface area (Å²) < 4.78 is 30.1. The van der Waals surface area contributed by atoms with E-state index in [0.717, 1.165) is 43.7 Å². The average molecular weight is 500 g/mol. The third-order valence-corrected chi connectivity index (χ3v) is 6.31. The molecule has 3 N–H and O–H groups in total. The number of hydrogen-bond acceptors (Lipinski definition) is 5. The molecule has 192 valence electrons. The zero-order valence-corrected chi connectivity index (χ0v) is 20.4. The number of aromatic nitrogens is 2. The summed E-state index contributed by atoms with van der Waals surface area (Å²) in [6.45, 7) is 2.32. The van der Waals surface area contributed by atoms with E-state index in [0.29, 0.717) is 22.5 Å². The van der Waals surface area contributed by atoms with Crippen LogP contribution in [0.2, 0.25) is 0 Å². The molecule has 1 aliphatic heterocycles. The van der Waals surface area contributed by atoms with Crippen LogP contribution >= 0.6 is 0 Å². The van der Waals surface area contributed by atoms with Gasteiger partial charge in [-0.25, -0.2) is 4.98 Å². The topological polar surface area (TPSA) is 99.4 Å². The van der Waals surface area contributed by atoms with Gasteiger partial charge in [0.05, 0.1) is 5.56 Å². The lowest BCUT2D eigenvalue weighted by Crippen LogP contribution is -2.37. The standard InChI is InChI=1S/C26H31F2N5O3/c1-33(2)15-19-11-17(3-4-20(19)16-5-9-36-10-6-16)18-12-21-22(14-32-24(21)31-13-18)25(34)29-7-8-30-26(35)23(27)28/h3-4,11-14,16,23H,5-10,15H2,1-2H3,(H,29,34)(H,30,35)(H,31,32). The fourth-order valence-electron chi connectivity index (χ4n) is 4.55. The molecule has 1 saturated heterocycles. The van der Waals surface area contributed by atoms with Gasteiger partial charge in [-0.05, 0) is 61.7 Å². The number of hydrogen-bond donors (Lipinski definition) is 3. The van der Waals surface area contributed by atoms with Gasteiger partial charge in [0.2, 0.25) is 0 Å². The van der Waals surface area contributed by atoms with Gasteiger partial charge in [-0.1, -0.05) is 12.1 Å². The summed E-state index contributed by atoms with van der Waals surface area (Å²) >= 11 is 0. The van der Waals surface area contributed by atoms with Crippen LogP contribution in [0.1, 0.15) is 40.2 Å². The van der Waals surface area contributed by atoms with E-state index in [9.17, 15) is 18.4 Å². The third kappa shape index (κ3) is 6.06. The Hall–Kier alpha value is -3.37. The van der Waals surface area contributed by atoms with Crippen molar-refractivity contribution in [3.63, 3.8) is 0 Å². The van der Waals surface area contributed by atoms with Crippen LogP contribution in [0.15, 0.2) is 36.7 Å². The second-order valence-corrected chi connectivity index (χ2v) is 9.21. The van der Waals surface area contributed by atoms with Crippen molar-refractivity contribution < 1.29 is 23.1 Å². The van der Waals surface area contributed by atoms with Crippen molar-refractivity contribution in [1.82, 2.24) is 25.5 Å². The number of aromatic amines is 1. The van der Waals surface area contributed by atoms with Crippen molar-refractivity contribution in [2.75, 3.05) is 40.4 Å². The number of rotatable bonds is 9. The number of ether oxygens (including phenoxy) is 1. The first kappa shape index (κ1) is 25.7. The minimum absolute atomic E-state index is 0.0264. The van der Waals surface area contributed by atoms with E-state index in [2.05, 4.69) is 57.8 Å². The molecule has 4 rings (SSSR count). The first-order valence-corrected chi connectivity index (χ1v) is 12.0. The number of alkyl halides is 2. The Morgan fingerprint density at radius 1 is 1.14 bits per heavy atom. The normalized spacial score (nSPS) is 14.5. The van der Waals surface area contributed by atoms with Crippen molar-refractivity contribution in [3.05, 3.63) is 53.3 Å². The van der Waals surface area contributed by atoms with E-state index < -0.39 is 12.3 Å². The molecule has 3 heterocycles. The number of benzene rings is 1. The summed E-state index contributed by atoms with van der Waals surface area (Å²) in [5.41, 5.74) is 5.49. The largest absolute Gasteiger partial charge is 0.381 e. The highest BCUT2D eigenvalue weighted by molar-refractivity contribution is 6.06. The van der Waals surface area contributed by atoms with E-state index in [4.69, 9.17) is 4.74 Å². The molecule has 0 atom stereocenters. The van der Waals surface area contributed by atoms with Crippen LogP contribution in [0.3, 0.4) is 0 Å². The number of carbonyl (C=O) groups excluding carboxylic acids is 2. The van der Waals surface area contributed by atoms with E-state index in [1.807, 2.05) is 6.07 Å². The predicted octanol–water partition coefficient (Wildman–Crippen LogP) is 3.30. The van der Waals surface area contributed by atoms with E-state index >= 15 is 0 Å². The fraction of sp³-hybridized carbons (Fsp3) is 0.423. The molecule has 36 heavy (non-hydrogen) atoms. The highest BCUT2D eigenvalue weighted by Crippen LogP contribution is 2.33. The number of nitrogens with zero attached hydrogens (tertiary/aromatic N) is 2. The van der Waals surface area contributed by atoms with Gasteiger partial charge >= 0.3 is 6.43 Å². The summed E-state index contributed by atoms with van der Waals surface area (Å²) in [5, 5.41) is 5.36. The molecule has 2 aromatic heterocycles. The monoisotopic (exact) mass is 499 g/mol. The Morgan fingerprint density at radius 2 is 1.89 bits per heavy atom. The molecule has 0 aliphatic carbocycles. The quantitative estimate of drug-likeness (QED) is 0.393. The minimum atomic E-state index is -3.08. The van der Waals surface area contributed by atoms with Crippen molar-refractivity contribution in [2.45, 2.75) is 31.7 Å². The Bertz CT molecular complexity index is 1220. The van der Waals surface area contributed by atoms with Crippen molar-refractivity contribution in [3.8, 4) is 11.1 Å².